The zero-order valence-corrected chi connectivity index (χ0v) is 12.6. The largest absolute Gasteiger partial charge is 0.385 e. The van der Waals surface area contributed by atoms with Crippen molar-refractivity contribution in [3.8, 4) is 0 Å². The first-order chi connectivity index (χ1) is 10.4. The smallest absolute Gasteiger partial charge is 0.0405 e. The van der Waals surface area contributed by atoms with E-state index in [1.807, 2.05) is 0 Å². The Morgan fingerprint density at radius 3 is 2.76 bits per heavy atom. The van der Waals surface area contributed by atoms with E-state index in [9.17, 15) is 0 Å². The van der Waals surface area contributed by atoms with Crippen LogP contribution in [0.2, 0.25) is 0 Å². The predicted octanol–water partition coefficient (Wildman–Crippen LogP) is 4.71. The first-order valence-electron chi connectivity index (χ1n) is 8.34. The quantitative estimate of drug-likeness (QED) is 0.838. The number of aryl methyl sites for hydroxylation is 2. The van der Waals surface area contributed by atoms with Gasteiger partial charge in [-0.2, -0.15) is 0 Å². The fraction of sp³-hybridized carbons (Fsp3) is 0.400. The molecule has 0 aromatic heterocycles. The number of benzene rings is 2. The van der Waals surface area contributed by atoms with Crippen LogP contribution in [-0.2, 0) is 19.3 Å². The molecule has 1 aliphatic heterocycles. The molecule has 0 amide bonds. The Hall–Kier alpha value is -1.76. The highest BCUT2D eigenvalue weighted by Gasteiger charge is 2.22. The average molecular weight is 277 g/mol. The van der Waals surface area contributed by atoms with Crippen LogP contribution in [0.1, 0.15) is 47.4 Å². The van der Waals surface area contributed by atoms with Crippen molar-refractivity contribution in [2.45, 2.75) is 44.4 Å². The minimum Gasteiger partial charge on any atom is -0.385 e. The molecule has 1 N–H and O–H groups in total. The van der Waals surface area contributed by atoms with Crippen molar-refractivity contribution in [2.75, 3.05) is 11.9 Å². The van der Waals surface area contributed by atoms with Crippen LogP contribution in [0, 0.1) is 0 Å². The van der Waals surface area contributed by atoms with E-state index in [0.29, 0.717) is 5.92 Å². The highest BCUT2D eigenvalue weighted by Crippen LogP contribution is 2.36. The molecule has 0 saturated carbocycles. The van der Waals surface area contributed by atoms with Crippen molar-refractivity contribution < 1.29 is 0 Å². The van der Waals surface area contributed by atoms with Gasteiger partial charge in [0.15, 0.2) is 0 Å². The average Bonchev–Trinajstić information content (AvgIpc) is 2.56. The monoisotopic (exact) mass is 277 g/mol. The highest BCUT2D eigenvalue weighted by atomic mass is 14.9. The number of anilines is 1. The lowest BCUT2D eigenvalue weighted by Gasteiger charge is -2.28. The summed E-state index contributed by atoms with van der Waals surface area (Å²) in [6.07, 6.45) is 7.62. The molecule has 2 aromatic carbocycles. The van der Waals surface area contributed by atoms with Gasteiger partial charge in [-0.05, 0) is 66.7 Å². The van der Waals surface area contributed by atoms with E-state index in [1.165, 1.54) is 55.3 Å². The predicted molar refractivity (Wildman–Crippen MR) is 89.1 cm³/mol. The Bertz CT molecular complexity index is 644. The molecular formula is C20H23N. The lowest BCUT2D eigenvalue weighted by Crippen LogP contribution is -2.16. The number of hydrogen-bond acceptors (Lipinski definition) is 1. The maximum absolute atomic E-state index is 3.64. The summed E-state index contributed by atoms with van der Waals surface area (Å²) >= 11 is 0. The molecule has 4 rings (SSSR count). The number of para-hydroxylation sites is 1. The van der Waals surface area contributed by atoms with Crippen LogP contribution < -0.4 is 5.32 Å². The standard InChI is InChI=1S/C20H23N/c1-2-12-19-15(6-1)7-3-9-17(19)14-18-10-4-8-16-11-5-13-21-20(16)18/h1-2,4,6,8,10,12,17,21H,3,5,7,9,11,13-14H2. The minimum absolute atomic E-state index is 0.699. The van der Waals surface area contributed by atoms with Gasteiger partial charge in [0.05, 0.1) is 0 Å². The van der Waals surface area contributed by atoms with E-state index in [4.69, 9.17) is 0 Å². The molecule has 108 valence electrons. The van der Waals surface area contributed by atoms with Crippen LogP contribution in [0.4, 0.5) is 5.69 Å². The molecule has 1 heteroatoms. The van der Waals surface area contributed by atoms with Gasteiger partial charge in [0.1, 0.15) is 0 Å². The highest BCUT2D eigenvalue weighted by molar-refractivity contribution is 5.59. The fourth-order valence-electron chi connectivity index (χ4n) is 4.08. The van der Waals surface area contributed by atoms with Crippen LogP contribution >= 0.6 is 0 Å². The maximum atomic E-state index is 3.64. The van der Waals surface area contributed by atoms with Crippen LogP contribution in [0.3, 0.4) is 0 Å². The van der Waals surface area contributed by atoms with Crippen molar-refractivity contribution in [2.24, 2.45) is 0 Å². The zero-order valence-electron chi connectivity index (χ0n) is 12.6. The van der Waals surface area contributed by atoms with Crippen molar-refractivity contribution in [1.29, 1.82) is 0 Å². The molecule has 2 aromatic rings. The van der Waals surface area contributed by atoms with Gasteiger partial charge in [-0.15, -0.1) is 0 Å². The van der Waals surface area contributed by atoms with E-state index in [1.54, 1.807) is 11.1 Å². The molecule has 0 bridgehead atoms. The van der Waals surface area contributed by atoms with Crippen molar-refractivity contribution in [3.05, 3.63) is 64.7 Å². The topological polar surface area (TPSA) is 12.0 Å². The Morgan fingerprint density at radius 2 is 1.76 bits per heavy atom. The van der Waals surface area contributed by atoms with Gasteiger partial charge in [0.2, 0.25) is 0 Å². The zero-order chi connectivity index (χ0) is 14.1. The third kappa shape index (κ3) is 2.46. The van der Waals surface area contributed by atoms with E-state index in [-0.39, 0.29) is 0 Å². The Morgan fingerprint density at radius 1 is 0.905 bits per heavy atom. The first-order valence-corrected chi connectivity index (χ1v) is 8.34. The summed E-state index contributed by atoms with van der Waals surface area (Å²) in [5.41, 5.74) is 7.65. The second-order valence-electron chi connectivity index (χ2n) is 6.47. The molecule has 0 saturated heterocycles. The van der Waals surface area contributed by atoms with Gasteiger partial charge in [-0.3, -0.25) is 0 Å². The molecular weight excluding hydrogens is 254 g/mol. The van der Waals surface area contributed by atoms with Crippen molar-refractivity contribution >= 4 is 5.69 Å². The molecule has 0 radical (unpaired) electrons. The van der Waals surface area contributed by atoms with E-state index < -0.39 is 0 Å². The van der Waals surface area contributed by atoms with Gasteiger partial charge in [-0.1, -0.05) is 42.5 Å². The lowest BCUT2D eigenvalue weighted by atomic mass is 9.79. The fourth-order valence-corrected chi connectivity index (χ4v) is 4.08. The SMILES string of the molecule is c1ccc2c(c1)CCCC2Cc1cccc2c1NCCC2. The molecule has 1 aliphatic carbocycles. The van der Waals surface area contributed by atoms with Gasteiger partial charge in [0, 0.05) is 12.2 Å². The summed E-state index contributed by atoms with van der Waals surface area (Å²) in [5, 5.41) is 3.64. The van der Waals surface area contributed by atoms with E-state index >= 15 is 0 Å². The maximum Gasteiger partial charge on any atom is 0.0405 e. The third-order valence-corrected chi connectivity index (χ3v) is 5.12. The molecule has 1 heterocycles. The number of hydrogen-bond donors (Lipinski definition) is 1. The third-order valence-electron chi connectivity index (χ3n) is 5.12. The number of fused-ring (bicyclic) bond motifs is 2. The summed E-state index contributed by atoms with van der Waals surface area (Å²) in [6.45, 7) is 1.13. The van der Waals surface area contributed by atoms with Crippen molar-refractivity contribution in [3.63, 3.8) is 0 Å². The second-order valence-corrected chi connectivity index (χ2v) is 6.47. The Kier molecular flexibility index (Phi) is 3.42. The van der Waals surface area contributed by atoms with Gasteiger partial charge in [0.25, 0.3) is 0 Å². The normalized spacial score (nSPS) is 20.3. The molecule has 0 fully saturated rings. The first kappa shape index (κ1) is 12.9. The van der Waals surface area contributed by atoms with E-state index in [0.717, 1.165) is 6.54 Å². The molecule has 1 unspecified atom stereocenters. The van der Waals surface area contributed by atoms with Crippen LogP contribution in [-0.4, -0.2) is 6.54 Å². The molecule has 2 aliphatic rings. The summed E-state index contributed by atoms with van der Waals surface area (Å²) < 4.78 is 0. The minimum atomic E-state index is 0.699. The Labute approximate surface area is 127 Å². The van der Waals surface area contributed by atoms with Gasteiger partial charge in [-0.25, -0.2) is 0 Å². The van der Waals surface area contributed by atoms with Crippen LogP contribution in [0.15, 0.2) is 42.5 Å². The summed E-state index contributed by atoms with van der Waals surface area (Å²) in [5.74, 6) is 0.699. The molecule has 1 atom stereocenters. The molecule has 1 nitrogen and oxygen atoms in total. The summed E-state index contributed by atoms with van der Waals surface area (Å²) in [6, 6.07) is 15.9. The summed E-state index contributed by atoms with van der Waals surface area (Å²) in [4.78, 5) is 0. The van der Waals surface area contributed by atoms with Crippen molar-refractivity contribution in [1.82, 2.24) is 0 Å². The second kappa shape index (κ2) is 5.55. The van der Waals surface area contributed by atoms with Crippen LogP contribution in [0.5, 0.6) is 0 Å². The van der Waals surface area contributed by atoms with Crippen LogP contribution in [0.25, 0.3) is 0 Å². The Balaban J connectivity index is 1.66. The van der Waals surface area contributed by atoms with Gasteiger partial charge < -0.3 is 5.32 Å². The van der Waals surface area contributed by atoms with Gasteiger partial charge >= 0.3 is 0 Å². The summed E-state index contributed by atoms with van der Waals surface area (Å²) in [7, 11) is 0. The molecule has 21 heavy (non-hydrogen) atoms. The number of rotatable bonds is 2. The van der Waals surface area contributed by atoms with E-state index in [2.05, 4.69) is 47.8 Å². The lowest BCUT2D eigenvalue weighted by molar-refractivity contribution is 0.550. The number of nitrogens with one attached hydrogen (secondary N) is 1. The molecule has 0 spiro atoms.